The van der Waals surface area contributed by atoms with Gasteiger partial charge in [0.25, 0.3) is 0 Å². The maximum Gasteiger partial charge on any atom is 0.128 e. The molecule has 0 amide bonds. The Morgan fingerprint density at radius 2 is 1.94 bits per heavy atom. The molecule has 2 rings (SSSR count). The van der Waals surface area contributed by atoms with Crippen molar-refractivity contribution in [3.63, 3.8) is 0 Å². The molecule has 2 aromatic rings. The van der Waals surface area contributed by atoms with Gasteiger partial charge in [0.1, 0.15) is 5.82 Å². The Balaban J connectivity index is 2.40. The van der Waals surface area contributed by atoms with Crippen molar-refractivity contribution >= 4 is 11.6 Å². The van der Waals surface area contributed by atoms with E-state index in [9.17, 15) is 4.39 Å². The molecule has 0 bridgehead atoms. The SMILES string of the molecule is Cc1ccc(C(N)c2cccc(Cl)c2)c(F)c1. The average molecular weight is 250 g/mol. The van der Waals surface area contributed by atoms with E-state index >= 15 is 0 Å². The number of nitrogens with two attached hydrogens (primary N) is 1. The van der Waals surface area contributed by atoms with Crippen LogP contribution in [0.25, 0.3) is 0 Å². The molecule has 0 aliphatic rings. The molecule has 0 aromatic heterocycles. The van der Waals surface area contributed by atoms with Crippen molar-refractivity contribution in [1.29, 1.82) is 0 Å². The number of halogens is 2. The Kier molecular flexibility index (Phi) is 3.46. The van der Waals surface area contributed by atoms with E-state index in [-0.39, 0.29) is 5.82 Å². The predicted molar refractivity (Wildman–Crippen MR) is 68.6 cm³/mol. The smallest absolute Gasteiger partial charge is 0.128 e. The van der Waals surface area contributed by atoms with Gasteiger partial charge in [0.05, 0.1) is 6.04 Å². The highest BCUT2D eigenvalue weighted by Gasteiger charge is 2.13. The number of rotatable bonds is 2. The van der Waals surface area contributed by atoms with Gasteiger partial charge in [0.15, 0.2) is 0 Å². The lowest BCUT2D eigenvalue weighted by molar-refractivity contribution is 0.598. The van der Waals surface area contributed by atoms with E-state index in [0.717, 1.165) is 11.1 Å². The molecule has 17 heavy (non-hydrogen) atoms. The van der Waals surface area contributed by atoms with Crippen LogP contribution >= 0.6 is 11.6 Å². The molecule has 3 heteroatoms. The maximum atomic E-state index is 13.8. The monoisotopic (exact) mass is 249 g/mol. The summed E-state index contributed by atoms with van der Waals surface area (Å²) in [4.78, 5) is 0. The van der Waals surface area contributed by atoms with Crippen LogP contribution in [0.2, 0.25) is 5.02 Å². The first-order chi connectivity index (χ1) is 8.08. The van der Waals surface area contributed by atoms with Crippen molar-refractivity contribution in [3.8, 4) is 0 Å². The molecule has 88 valence electrons. The van der Waals surface area contributed by atoms with Crippen LogP contribution < -0.4 is 5.73 Å². The summed E-state index contributed by atoms with van der Waals surface area (Å²) in [6.07, 6.45) is 0. The summed E-state index contributed by atoms with van der Waals surface area (Å²) in [5.41, 5.74) is 8.21. The number of benzene rings is 2. The normalized spacial score (nSPS) is 12.5. The maximum absolute atomic E-state index is 13.8. The molecule has 0 radical (unpaired) electrons. The van der Waals surface area contributed by atoms with Crippen molar-refractivity contribution in [2.45, 2.75) is 13.0 Å². The largest absolute Gasteiger partial charge is 0.320 e. The van der Waals surface area contributed by atoms with E-state index in [1.165, 1.54) is 6.07 Å². The summed E-state index contributed by atoms with van der Waals surface area (Å²) in [5, 5.41) is 0.602. The second-order valence-electron chi connectivity index (χ2n) is 4.06. The summed E-state index contributed by atoms with van der Waals surface area (Å²) in [7, 11) is 0. The van der Waals surface area contributed by atoms with E-state index in [1.807, 2.05) is 25.1 Å². The molecule has 0 aliphatic heterocycles. The standard InChI is InChI=1S/C14H13ClFN/c1-9-5-6-12(13(16)7-9)14(17)10-3-2-4-11(15)8-10/h2-8,14H,17H2,1H3. The zero-order valence-electron chi connectivity index (χ0n) is 9.45. The van der Waals surface area contributed by atoms with Crippen LogP contribution in [0.4, 0.5) is 4.39 Å². The van der Waals surface area contributed by atoms with Crippen LogP contribution in [0.3, 0.4) is 0 Å². The molecule has 1 atom stereocenters. The highest BCUT2D eigenvalue weighted by molar-refractivity contribution is 6.30. The second-order valence-corrected chi connectivity index (χ2v) is 4.49. The van der Waals surface area contributed by atoms with Gasteiger partial charge in [-0.2, -0.15) is 0 Å². The summed E-state index contributed by atoms with van der Waals surface area (Å²) in [5.74, 6) is -0.280. The van der Waals surface area contributed by atoms with E-state index in [2.05, 4.69) is 0 Å². The fraction of sp³-hybridized carbons (Fsp3) is 0.143. The Morgan fingerprint density at radius 1 is 1.18 bits per heavy atom. The van der Waals surface area contributed by atoms with Crippen LogP contribution in [-0.4, -0.2) is 0 Å². The van der Waals surface area contributed by atoms with E-state index in [1.54, 1.807) is 18.2 Å². The molecule has 0 spiro atoms. The lowest BCUT2D eigenvalue weighted by Gasteiger charge is -2.14. The highest BCUT2D eigenvalue weighted by atomic mass is 35.5. The molecule has 0 heterocycles. The van der Waals surface area contributed by atoms with E-state index in [4.69, 9.17) is 17.3 Å². The van der Waals surface area contributed by atoms with Crippen molar-refractivity contribution < 1.29 is 4.39 Å². The van der Waals surface area contributed by atoms with Gasteiger partial charge in [0.2, 0.25) is 0 Å². The number of aryl methyl sites for hydroxylation is 1. The lowest BCUT2D eigenvalue weighted by atomic mass is 9.98. The fourth-order valence-corrected chi connectivity index (χ4v) is 1.96. The second kappa shape index (κ2) is 4.86. The van der Waals surface area contributed by atoms with Crippen molar-refractivity contribution in [2.24, 2.45) is 5.73 Å². The Labute approximate surface area is 105 Å². The van der Waals surface area contributed by atoms with Gasteiger partial charge in [-0.25, -0.2) is 4.39 Å². The Hall–Kier alpha value is -1.38. The van der Waals surface area contributed by atoms with Gasteiger partial charge < -0.3 is 5.73 Å². The molecule has 0 saturated carbocycles. The first-order valence-electron chi connectivity index (χ1n) is 5.35. The summed E-state index contributed by atoms with van der Waals surface area (Å²) >= 11 is 5.89. The summed E-state index contributed by atoms with van der Waals surface area (Å²) in [6.45, 7) is 1.85. The third-order valence-corrected chi connectivity index (χ3v) is 2.93. The van der Waals surface area contributed by atoms with Crippen molar-refractivity contribution in [3.05, 3.63) is 70.0 Å². The van der Waals surface area contributed by atoms with Gasteiger partial charge >= 0.3 is 0 Å². The van der Waals surface area contributed by atoms with Crippen LogP contribution in [-0.2, 0) is 0 Å². The number of hydrogen-bond acceptors (Lipinski definition) is 1. The zero-order chi connectivity index (χ0) is 12.4. The molecule has 0 aliphatic carbocycles. The molecule has 0 saturated heterocycles. The van der Waals surface area contributed by atoms with Gasteiger partial charge in [-0.15, -0.1) is 0 Å². The fourth-order valence-electron chi connectivity index (χ4n) is 1.76. The summed E-state index contributed by atoms with van der Waals surface area (Å²) < 4.78 is 13.8. The average Bonchev–Trinajstić information content (AvgIpc) is 2.28. The first-order valence-corrected chi connectivity index (χ1v) is 5.73. The topological polar surface area (TPSA) is 26.0 Å². The van der Waals surface area contributed by atoms with Gasteiger partial charge in [-0.1, -0.05) is 35.9 Å². The molecule has 1 unspecified atom stereocenters. The lowest BCUT2D eigenvalue weighted by Crippen LogP contribution is -2.13. The molecular weight excluding hydrogens is 237 g/mol. The van der Waals surface area contributed by atoms with Crippen LogP contribution in [0.15, 0.2) is 42.5 Å². The minimum atomic E-state index is -0.491. The number of hydrogen-bond donors (Lipinski definition) is 1. The van der Waals surface area contributed by atoms with Crippen LogP contribution in [0.5, 0.6) is 0 Å². The summed E-state index contributed by atoms with van der Waals surface area (Å²) in [6, 6.07) is 11.7. The minimum absolute atomic E-state index is 0.280. The molecule has 2 N–H and O–H groups in total. The molecule has 2 aromatic carbocycles. The molecular formula is C14H13ClFN. The van der Waals surface area contributed by atoms with Crippen LogP contribution in [0.1, 0.15) is 22.7 Å². The molecule has 0 fully saturated rings. The Morgan fingerprint density at radius 3 is 2.59 bits per heavy atom. The quantitative estimate of drug-likeness (QED) is 0.860. The van der Waals surface area contributed by atoms with Gasteiger partial charge in [0, 0.05) is 10.6 Å². The van der Waals surface area contributed by atoms with E-state index < -0.39 is 6.04 Å². The highest BCUT2D eigenvalue weighted by Crippen LogP contribution is 2.24. The van der Waals surface area contributed by atoms with Crippen molar-refractivity contribution in [2.75, 3.05) is 0 Å². The molecule has 1 nitrogen and oxygen atoms in total. The van der Waals surface area contributed by atoms with E-state index in [0.29, 0.717) is 10.6 Å². The minimum Gasteiger partial charge on any atom is -0.320 e. The predicted octanol–water partition coefficient (Wildman–Crippen LogP) is 3.84. The zero-order valence-corrected chi connectivity index (χ0v) is 10.2. The Bertz CT molecular complexity index is 539. The third-order valence-electron chi connectivity index (χ3n) is 2.70. The van der Waals surface area contributed by atoms with Crippen molar-refractivity contribution in [1.82, 2.24) is 0 Å². The third kappa shape index (κ3) is 2.65. The van der Waals surface area contributed by atoms with Crippen LogP contribution in [0, 0.1) is 12.7 Å². The van der Waals surface area contributed by atoms with Gasteiger partial charge in [-0.3, -0.25) is 0 Å². The van der Waals surface area contributed by atoms with Gasteiger partial charge in [-0.05, 0) is 36.2 Å². The first kappa shape index (κ1) is 12.1.